The van der Waals surface area contributed by atoms with Crippen molar-refractivity contribution in [3.63, 3.8) is 0 Å². The van der Waals surface area contributed by atoms with E-state index in [4.69, 9.17) is 14.2 Å². The molecule has 0 saturated carbocycles. The Balaban J connectivity index is -0.00000297. The molecule has 1 aromatic rings. The van der Waals surface area contributed by atoms with Crippen LogP contribution in [-0.4, -0.2) is 36.2 Å². The number of anilines is 1. The third kappa shape index (κ3) is 9.92. The number of rotatable bonds is 13. The standard InChI is InChI=1S/C28H40N4O5.C2H4.3H2/c1-17(13-18(2)31-20(4)33)14-29-21(5)36-27(7,8)28(9,10)37-22(6)30-15-23-11-12-24-26(19(23)3)35-16-25(34)32-24;1-2;;;/h11-13,29-30H,2,5-6,14-16H2,1,3-4,7-10H3,(H,31,33)(H,32,34);1-2H2;3*1H/b17-13+;;;;. The van der Waals surface area contributed by atoms with Crippen molar-refractivity contribution in [1.82, 2.24) is 16.0 Å². The van der Waals surface area contributed by atoms with E-state index in [0.717, 1.165) is 16.7 Å². The monoisotopic (exact) mass is 546 g/mol. The zero-order valence-electron chi connectivity index (χ0n) is 24.4. The zero-order valence-corrected chi connectivity index (χ0v) is 24.4. The minimum atomic E-state index is -0.773. The smallest absolute Gasteiger partial charge is 0.262 e. The summed E-state index contributed by atoms with van der Waals surface area (Å²) in [5, 5.41) is 11.8. The van der Waals surface area contributed by atoms with Crippen molar-refractivity contribution in [3.05, 3.63) is 85.3 Å². The Morgan fingerprint density at radius 3 is 2.21 bits per heavy atom. The van der Waals surface area contributed by atoms with Crippen molar-refractivity contribution in [2.45, 2.75) is 66.2 Å². The number of carbonyl (C=O) groups is 2. The second kappa shape index (κ2) is 14.1. The molecule has 0 atom stereocenters. The van der Waals surface area contributed by atoms with Crippen LogP contribution in [0.1, 0.15) is 56.9 Å². The zero-order chi connectivity index (χ0) is 30.0. The molecule has 39 heavy (non-hydrogen) atoms. The summed E-state index contributed by atoms with van der Waals surface area (Å²) in [6.45, 7) is 31.7. The summed E-state index contributed by atoms with van der Waals surface area (Å²) in [5.74, 6) is 1.12. The Kier molecular flexibility index (Phi) is 11.9. The summed E-state index contributed by atoms with van der Waals surface area (Å²) in [5.41, 5.74) is 2.52. The van der Waals surface area contributed by atoms with Crippen LogP contribution >= 0.6 is 0 Å². The van der Waals surface area contributed by atoms with Crippen LogP contribution < -0.4 is 26.0 Å². The molecule has 0 fully saturated rings. The fraction of sp³-hybridized carbons (Fsp3) is 0.400. The van der Waals surface area contributed by atoms with Gasteiger partial charge in [0.15, 0.2) is 18.4 Å². The van der Waals surface area contributed by atoms with E-state index >= 15 is 0 Å². The van der Waals surface area contributed by atoms with Crippen molar-refractivity contribution in [2.75, 3.05) is 18.5 Å². The number of carbonyl (C=O) groups excluding carboxylic acids is 2. The quantitative estimate of drug-likeness (QED) is 0.143. The third-order valence-electron chi connectivity index (χ3n) is 6.14. The summed E-state index contributed by atoms with van der Waals surface area (Å²) in [4.78, 5) is 22.7. The summed E-state index contributed by atoms with van der Waals surface area (Å²) in [6, 6.07) is 3.76. The second-order valence-corrected chi connectivity index (χ2v) is 10.0. The van der Waals surface area contributed by atoms with Crippen LogP contribution in [0, 0.1) is 6.92 Å². The van der Waals surface area contributed by atoms with Gasteiger partial charge in [-0.2, -0.15) is 0 Å². The van der Waals surface area contributed by atoms with Crippen molar-refractivity contribution < 1.29 is 28.1 Å². The van der Waals surface area contributed by atoms with Gasteiger partial charge in [0.2, 0.25) is 5.91 Å². The van der Waals surface area contributed by atoms with Gasteiger partial charge in [-0.3, -0.25) is 9.59 Å². The molecule has 2 amide bonds. The first-order chi connectivity index (χ1) is 18.1. The van der Waals surface area contributed by atoms with Crippen LogP contribution in [-0.2, 0) is 25.6 Å². The summed E-state index contributed by atoms with van der Waals surface area (Å²) >= 11 is 0. The Morgan fingerprint density at radius 1 is 1.08 bits per heavy atom. The molecule has 220 valence electrons. The first kappa shape index (κ1) is 32.9. The van der Waals surface area contributed by atoms with E-state index in [-0.39, 0.29) is 22.7 Å². The number of nitrogens with one attached hydrogen (secondary N) is 4. The van der Waals surface area contributed by atoms with Crippen LogP contribution in [0.5, 0.6) is 5.75 Å². The third-order valence-corrected chi connectivity index (χ3v) is 6.14. The first-order valence-electron chi connectivity index (χ1n) is 12.5. The van der Waals surface area contributed by atoms with Crippen LogP contribution in [0.25, 0.3) is 0 Å². The molecule has 1 aromatic carbocycles. The van der Waals surface area contributed by atoms with E-state index in [1.807, 2.05) is 53.7 Å². The summed E-state index contributed by atoms with van der Waals surface area (Å²) < 4.78 is 17.9. The number of ether oxygens (including phenoxy) is 3. The first-order valence-corrected chi connectivity index (χ1v) is 12.5. The van der Waals surface area contributed by atoms with Crippen LogP contribution in [0.15, 0.2) is 74.1 Å². The topological polar surface area (TPSA) is 110 Å². The Morgan fingerprint density at radius 2 is 1.64 bits per heavy atom. The van der Waals surface area contributed by atoms with Crippen molar-refractivity contribution in [3.8, 4) is 5.75 Å². The molecular formula is C30H50N4O5. The van der Waals surface area contributed by atoms with E-state index in [1.165, 1.54) is 6.92 Å². The molecule has 0 saturated heterocycles. The van der Waals surface area contributed by atoms with Gasteiger partial charge in [0.05, 0.1) is 5.69 Å². The lowest BCUT2D eigenvalue weighted by Gasteiger charge is -2.42. The average Bonchev–Trinajstić information content (AvgIpc) is 2.82. The van der Waals surface area contributed by atoms with Crippen molar-refractivity contribution in [2.24, 2.45) is 0 Å². The minimum Gasteiger partial charge on any atom is -0.481 e. The molecule has 0 aliphatic carbocycles. The number of benzene rings is 1. The average molecular weight is 547 g/mol. The molecule has 0 spiro atoms. The van der Waals surface area contributed by atoms with Crippen molar-refractivity contribution in [1.29, 1.82) is 0 Å². The van der Waals surface area contributed by atoms with E-state index in [9.17, 15) is 9.59 Å². The van der Waals surface area contributed by atoms with Gasteiger partial charge in [0, 0.05) is 30.0 Å². The predicted octanol–water partition coefficient (Wildman–Crippen LogP) is 5.67. The number of hydrogen-bond acceptors (Lipinski definition) is 7. The molecular weight excluding hydrogens is 496 g/mol. The van der Waals surface area contributed by atoms with Gasteiger partial charge in [-0.05, 0) is 78.0 Å². The Bertz CT molecular complexity index is 1150. The maximum atomic E-state index is 11.5. The van der Waals surface area contributed by atoms with Crippen LogP contribution in [0.2, 0.25) is 0 Å². The van der Waals surface area contributed by atoms with Gasteiger partial charge in [0.1, 0.15) is 17.0 Å². The predicted molar refractivity (Wildman–Crippen MR) is 163 cm³/mol. The maximum Gasteiger partial charge on any atom is 0.262 e. The largest absolute Gasteiger partial charge is 0.481 e. The lowest BCUT2D eigenvalue weighted by atomic mass is 9.89. The van der Waals surface area contributed by atoms with E-state index in [1.54, 1.807) is 6.08 Å². The molecule has 1 aliphatic rings. The molecule has 1 aliphatic heterocycles. The molecule has 1 heterocycles. The Hall–Kier alpha value is -4.14. The van der Waals surface area contributed by atoms with Gasteiger partial charge in [-0.15, -0.1) is 13.2 Å². The maximum absolute atomic E-state index is 11.5. The summed E-state index contributed by atoms with van der Waals surface area (Å²) in [7, 11) is 0. The second-order valence-electron chi connectivity index (χ2n) is 10.0. The highest BCUT2D eigenvalue weighted by molar-refractivity contribution is 5.95. The van der Waals surface area contributed by atoms with E-state index < -0.39 is 11.2 Å². The normalized spacial score (nSPS) is 12.8. The molecule has 0 bridgehead atoms. The van der Waals surface area contributed by atoms with Crippen molar-refractivity contribution >= 4 is 17.5 Å². The van der Waals surface area contributed by atoms with E-state index in [2.05, 4.69) is 54.2 Å². The molecule has 0 aromatic heterocycles. The van der Waals surface area contributed by atoms with Crippen LogP contribution in [0.4, 0.5) is 5.69 Å². The van der Waals surface area contributed by atoms with E-state index in [0.29, 0.717) is 42.0 Å². The SMILES string of the molecule is C=C.C=C(/C=C(\C)CNC(=C)OC(C)(C)C(C)(C)OC(=C)NCc1ccc2c(c1C)OCC(=O)N2)NC(C)=O.[HH].[HH].[HH]. The number of hydrogen-bond donors (Lipinski definition) is 4. The minimum absolute atomic E-state index is 0. The molecule has 4 N–H and O–H groups in total. The summed E-state index contributed by atoms with van der Waals surface area (Å²) in [6.07, 6.45) is 1.78. The van der Waals surface area contributed by atoms with Crippen LogP contribution in [0.3, 0.4) is 0 Å². The van der Waals surface area contributed by atoms with Gasteiger partial charge in [0.25, 0.3) is 5.91 Å². The highest BCUT2D eigenvalue weighted by Gasteiger charge is 2.42. The lowest BCUT2D eigenvalue weighted by Crippen LogP contribution is -2.50. The number of amides is 2. The van der Waals surface area contributed by atoms with Gasteiger partial charge in [-0.1, -0.05) is 18.2 Å². The lowest BCUT2D eigenvalue weighted by molar-refractivity contribution is -0.142. The fourth-order valence-corrected chi connectivity index (χ4v) is 3.51. The molecule has 0 radical (unpaired) electrons. The molecule has 9 heteroatoms. The highest BCUT2D eigenvalue weighted by Crippen LogP contribution is 2.34. The molecule has 9 nitrogen and oxygen atoms in total. The van der Waals surface area contributed by atoms with Gasteiger partial charge < -0.3 is 35.5 Å². The van der Waals surface area contributed by atoms with Gasteiger partial charge >= 0.3 is 0 Å². The Labute approximate surface area is 237 Å². The van der Waals surface area contributed by atoms with Gasteiger partial charge in [-0.25, -0.2) is 0 Å². The number of fused-ring (bicyclic) bond motifs is 1. The highest BCUT2D eigenvalue weighted by atomic mass is 16.6. The molecule has 2 rings (SSSR count). The fourth-order valence-electron chi connectivity index (χ4n) is 3.51. The number of allylic oxidation sites excluding steroid dienone is 1. The molecule has 0 unspecified atom stereocenters.